The number of aliphatic hydroxyl groups is 2. The van der Waals surface area contributed by atoms with Crippen molar-refractivity contribution in [2.24, 2.45) is 11.8 Å². The molecule has 2 aromatic rings. The summed E-state index contributed by atoms with van der Waals surface area (Å²) in [6, 6.07) is 20.1. The minimum atomic E-state index is -0.800. The van der Waals surface area contributed by atoms with Gasteiger partial charge in [-0.15, -0.1) is 0 Å². The molecule has 2 aliphatic heterocycles. The van der Waals surface area contributed by atoms with Crippen molar-refractivity contribution in [2.75, 3.05) is 13.2 Å². The lowest BCUT2D eigenvalue weighted by atomic mass is 9.79. The Bertz CT molecular complexity index is 802. The van der Waals surface area contributed by atoms with Crippen LogP contribution in [0.3, 0.4) is 0 Å². The van der Waals surface area contributed by atoms with Crippen LogP contribution in [0.4, 0.5) is 0 Å². The van der Waals surface area contributed by atoms with E-state index in [1.165, 1.54) is 0 Å². The van der Waals surface area contributed by atoms with Crippen LogP contribution in [0.25, 0.3) is 0 Å². The molecule has 2 saturated heterocycles. The summed E-state index contributed by atoms with van der Waals surface area (Å²) in [5.74, 6) is -0.744. The molecule has 4 rings (SSSR count). The molecule has 0 unspecified atom stereocenters. The Balaban J connectivity index is 1.30. The van der Waals surface area contributed by atoms with Crippen molar-refractivity contribution in [3.63, 3.8) is 0 Å². The van der Waals surface area contributed by atoms with Crippen molar-refractivity contribution in [1.29, 1.82) is 0 Å². The fourth-order valence-corrected chi connectivity index (χ4v) is 5.34. The molecule has 35 heavy (non-hydrogen) atoms. The van der Waals surface area contributed by atoms with E-state index in [2.05, 4.69) is 0 Å². The molecule has 6 nitrogen and oxygen atoms in total. The lowest BCUT2D eigenvalue weighted by Crippen LogP contribution is -2.60. The minimum Gasteiger partial charge on any atom is -0.390 e. The van der Waals surface area contributed by atoms with E-state index in [1.807, 2.05) is 74.5 Å². The predicted molar refractivity (Wildman–Crippen MR) is 133 cm³/mol. The van der Waals surface area contributed by atoms with Crippen molar-refractivity contribution in [3.8, 4) is 0 Å². The second-order valence-corrected chi connectivity index (χ2v) is 10.2. The van der Waals surface area contributed by atoms with Gasteiger partial charge in [-0.1, -0.05) is 74.5 Å². The first-order valence-corrected chi connectivity index (χ1v) is 12.9. The fourth-order valence-electron chi connectivity index (χ4n) is 5.34. The van der Waals surface area contributed by atoms with Gasteiger partial charge in [0.2, 0.25) is 0 Å². The molecule has 6 heteroatoms. The Labute approximate surface area is 209 Å². The summed E-state index contributed by atoms with van der Waals surface area (Å²) in [6.07, 6.45) is 0.510. The highest BCUT2D eigenvalue weighted by atomic mass is 16.7. The summed E-state index contributed by atoms with van der Waals surface area (Å²) in [5.41, 5.74) is 2.25. The zero-order valence-corrected chi connectivity index (χ0v) is 20.9. The maximum atomic E-state index is 10.8. The van der Waals surface area contributed by atoms with E-state index in [9.17, 15) is 10.2 Å². The smallest absolute Gasteiger partial charge is 0.169 e. The molecule has 0 aliphatic carbocycles. The van der Waals surface area contributed by atoms with E-state index < -0.39 is 18.0 Å². The first-order valence-electron chi connectivity index (χ1n) is 12.9. The highest BCUT2D eigenvalue weighted by Gasteiger charge is 2.52. The van der Waals surface area contributed by atoms with E-state index in [1.54, 1.807) is 0 Å². The molecule has 2 aromatic carbocycles. The zero-order chi connectivity index (χ0) is 24.7. The van der Waals surface area contributed by atoms with Crippen LogP contribution >= 0.6 is 0 Å². The van der Waals surface area contributed by atoms with E-state index >= 15 is 0 Å². The highest BCUT2D eigenvalue weighted by Crippen LogP contribution is 2.44. The Morgan fingerprint density at radius 3 is 1.51 bits per heavy atom. The van der Waals surface area contributed by atoms with Gasteiger partial charge in [0.25, 0.3) is 0 Å². The quantitative estimate of drug-likeness (QED) is 0.485. The Hall–Kier alpha value is -1.80. The van der Waals surface area contributed by atoms with Gasteiger partial charge in [-0.2, -0.15) is 0 Å². The molecule has 0 aromatic heterocycles. The molecule has 0 saturated carbocycles. The van der Waals surface area contributed by atoms with Gasteiger partial charge in [-0.25, -0.2) is 0 Å². The van der Waals surface area contributed by atoms with E-state index in [-0.39, 0.29) is 24.0 Å². The van der Waals surface area contributed by atoms with Gasteiger partial charge in [0, 0.05) is 26.1 Å². The number of benzene rings is 2. The van der Waals surface area contributed by atoms with E-state index in [0.29, 0.717) is 52.1 Å². The van der Waals surface area contributed by atoms with Crippen LogP contribution in [-0.4, -0.2) is 53.6 Å². The molecule has 2 heterocycles. The molecule has 0 radical (unpaired) electrons. The van der Waals surface area contributed by atoms with Gasteiger partial charge in [-0.05, 0) is 35.8 Å². The summed E-state index contributed by atoms with van der Waals surface area (Å²) < 4.78 is 24.6. The zero-order valence-electron chi connectivity index (χ0n) is 20.9. The monoisotopic (exact) mass is 484 g/mol. The summed E-state index contributed by atoms with van der Waals surface area (Å²) >= 11 is 0. The average molecular weight is 485 g/mol. The van der Waals surface area contributed by atoms with Gasteiger partial charge < -0.3 is 29.2 Å². The molecule has 2 fully saturated rings. The molecule has 6 atom stereocenters. The SMILES string of the molecule is C[C@H]1CC2(C[C@H](C)[C@H](O)[C@H](CCOCc3ccccc3)O2)O[C@@H](CCOCc2ccccc2)[C@H]1O. The summed E-state index contributed by atoms with van der Waals surface area (Å²) in [4.78, 5) is 0. The van der Waals surface area contributed by atoms with Crippen LogP contribution in [0.2, 0.25) is 0 Å². The third-order valence-electron chi connectivity index (χ3n) is 7.24. The molecular weight excluding hydrogens is 444 g/mol. The van der Waals surface area contributed by atoms with Crippen LogP contribution in [0.5, 0.6) is 0 Å². The lowest BCUT2D eigenvalue weighted by molar-refractivity contribution is -0.361. The van der Waals surface area contributed by atoms with E-state index in [0.717, 1.165) is 11.1 Å². The predicted octanol–water partition coefficient (Wildman–Crippen LogP) is 4.47. The highest BCUT2D eigenvalue weighted by molar-refractivity contribution is 5.14. The van der Waals surface area contributed by atoms with Gasteiger partial charge in [-0.3, -0.25) is 0 Å². The van der Waals surface area contributed by atoms with Gasteiger partial charge in [0.15, 0.2) is 5.79 Å². The van der Waals surface area contributed by atoms with Gasteiger partial charge in [0.1, 0.15) is 0 Å². The van der Waals surface area contributed by atoms with Crippen LogP contribution < -0.4 is 0 Å². The fraction of sp³-hybridized carbons (Fsp3) is 0.586. The maximum Gasteiger partial charge on any atom is 0.169 e. The average Bonchev–Trinajstić information content (AvgIpc) is 2.86. The van der Waals surface area contributed by atoms with E-state index in [4.69, 9.17) is 18.9 Å². The van der Waals surface area contributed by atoms with Gasteiger partial charge in [0.05, 0.1) is 37.6 Å². The molecule has 2 N–H and O–H groups in total. The standard InChI is InChI=1S/C29H40O6/c1-21-17-29(34-25(27(21)30)13-15-32-19-23-9-5-3-6-10-23)18-22(2)28(31)26(35-29)14-16-33-20-24-11-7-4-8-12-24/h3-12,21-22,25-28,30-31H,13-20H2,1-2H3/t21-,22-,25-,26-,27-,28-,29?/m0/s1. The molecular formula is C29H40O6. The first-order chi connectivity index (χ1) is 17.0. The summed E-state index contributed by atoms with van der Waals surface area (Å²) in [7, 11) is 0. The maximum absolute atomic E-state index is 10.8. The van der Waals surface area contributed by atoms with Crippen LogP contribution in [0.1, 0.15) is 50.7 Å². The largest absolute Gasteiger partial charge is 0.390 e. The van der Waals surface area contributed by atoms with Crippen LogP contribution in [-0.2, 0) is 32.2 Å². The topological polar surface area (TPSA) is 77.4 Å². The third kappa shape index (κ3) is 7.13. The number of hydrogen-bond donors (Lipinski definition) is 2. The Morgan fingerprint density at radius 1 is 0.714 bits per heavy atom. The van der Waals surface area contributed by atoms with Crippen LogP contribution in [0.15, 0.2) is 60.7 Å². The normalized spacial score (nSPS) is 33.1. The third-order valence-corrected chi connectivity index (χ3v) is 7.24. The number of rotatable bonds is 10. The van der Waals surface area contributed by atoms with Crippen molar-refractivity contribution >= 4 is 0 Å². The van der Waals surface area contributed by atoms with Crippen molar-refractivity contribution in [2.45, 2.75) is 82.9 Å². The van der Waals surface area contributed by atoms with Crippen molar-refractivity contribution in [1.82, 2.24) is 0 Å². The molecule has 0 bridgehead atoms. The van der Waals surface area contributed by atoms with Crippen molar-refractivity contribution < 1.29 is 29.2 Å². The molecule has 1 spiro atoms. The Morgan fingerprint density at radius 2 is 1.11 bits per heavy atom. The van der Waals surface area contributed by atoms with Crippen LogP contribution in [0, 0.1) is 11.8 Å². The minimum absolute atomic E-state index is 0.0281. The first kappa shape index (κ1) is 26.3. The second-order valence-electron chi connectivity index (χ2n) is 10.2. The summed E-state index contributed by atoms with van der Waals surface area (Å²) in [6.45, 7) is 6.15. The number of ether oxygens (including phenoxy) is 4. The molecule has 0 amide bonds. The second kappa shape index (κ2) is 12.4. The summed E-state index contributed by atoms with van der Waals surface area (Å²) in [5, 5.41) is 21.7. The molecule has 192 valence electrons. The number of aliphatic hydroxyl groups excluding tert-OH is 2. The van der Waals surface area contributed by atoms with Gasteiger partial charge >= 0.3 is 0 Å². The van der Waals surface area contributed by atoms with Crippen molar-refractivity contribution in [3.05, 3.63) is 71.8 Å². The lowest BCUT2D eigenvalue weighted by Gasteiger charge is -2.52. The Kier molecular flexibility index (Phi) is 9.34. The number of hydrogen-bond acceptors (Lipinski definition) is 6. The molecule has 2 aliphatic rings.